The van der Waals surface area contributed by atoms with Crippen molar-refractivity contribution in [2.75, 3.05) is 39.2 Å². The number of nitrogens with zero attached hydrogens (tertiary/aromatic N) is 8. The second-order valence-corrected chi connectivity index (χ2v) is 9.11. The molecule has 0 saturated carbocycles. The second kappa shape index (κ2) is 9.90. The van der Waals surface area contributed by atoms with E-state index in [1.807, 2.05) is 44.4 Å². The van der Waals surface area contributed by atoms with Crippen molar-refractivity contribution in [1.82, 2.24) is 34.6 Å². The highest BCUT2D eigenvalue weighted by Gasteiger charge is 2.26. The van der Waals surface area contributed by atoms with Gasteiger partial charge in [0.05, 0.1) is 36.0 Å². The van der Waals surface area contributed by atoms with Crippen LogP contribution in [0.4, 0.5) is 5.95 Å². The molecule has 0 N–H and O–H groups in total. The highest BCUT2D eigenvalue weighted by atomic mass is 16.5. The lowest BCUT2D eigenvalue weighted by Gasteiger charge is -2.21. The molecule has 1 aliphatic heterocycles. The summed E-state index contributed by atoms with van der Waals surface area (Å²) < 4.78 is 13.5. The zero-order valence-corrected chi connectivity index (χ0v) is 21.2. The van der Waals surface area contributed by atoms with Crippen molar-refractivity contribution in [1.29, 1.82) is 0 Å². The molecule has 1 aliphatic rings. The molecular formula is C26H30N8O2. The van der Waals surface area contributed by atoms with Crippen molar-refractivity contribution < 1.29 is 9.47 Å². The Hall–Kier alpha value is -4.05. The Morgan fingerprint density at radius 1 is 1.06 bits per heavy atom. The Bertz CT molecular complexity index is 1370. The first-order valence-corrected chi connectivity index (χ1v) is 11.8. The Morgan fingerprint density at radius 3 is 2.61 bits per heavy atom. The molecule has 0 aliphatic carbocycles. The summed E-state index contributed by atoms with van der Waals surface area (Å²) in [6, 6.07) is 8.00. The first-order chi connectivity index (χ1) is 17.4. The third-order valence-electron chi connectivity index (χ3n) is 6.38. The second-order valence-electron chi connectivity index (χ2n) is 9.11. The average Bonchev–Trinajstić information content (AvgIpc) is 3.55. The van der Waals surface area contributed by atoms with Gasteiger partial charge in [-0.1, -0.05) is 0 Å². The minimum Gasteiger partial charge on any atom is -0.480 e. The summed E-state index contributed by atoms with van der Waals surface area (Å²) in [6.07, 6.45) is 8.29. The molecule has 10 nitrogen and oxygen atoms in total. The van der Waals surface area contributed by atoms with E-state index in [4.69, 9.17) is 19.4 Å². The zero-order chi connectivity index (χ0) is 25.2. The van der Waals surface area contributed by atoms with E-state index in [1.165, 1.54) is 0 Å². The maximum atomic E-state index is 6.14. The molecule has 4 aromatic heterocycles. The molecule has 0 aromatic carbocycles. The highest BCUT2D eigenvalue weighted by molar-refractivity contribution is 5.66. The van der Waals surface area contributed by atoms with Crippen molar-refractivity contribution in [2.45, 2.75) is 19.4 Å². The Kier molecular flexibility index (Phi) is 6.51. The quantitative estimate of drug-likeness (QED) is 0.388. The number of anilines is 1. The van der Waals surface area contributed by atoms with Gasteiger partial charge in [0.1, 0.15) is 11.5 Å². The predicted octanol–water partition coefficient (Wildman–Crippen LogP) is 3.58. The van der Waals surface area contributed by atoms with Gasteiger partial charge in [0.15, 0.2) is 0 Å². The average molecular weight is 487 g/mol. The maximum absolute atomic E-state index is 6.14. The lowest BCUT2D eigenvalue weighted by atomic mass is 10.2. The van der Waals surface area contributed by atoms with Gasteiger partial charge in [-0.05, 0) is 45.6 Å². The molecule has 36 heavy (non-hydrogen) atoms. The van der Waals surface area contributed by atoms with Gasteiger partial charge in [0.2, 0.25) is 11.8 Å². The minimum atomic E-state index is 0.497. The van der Waals surface area contributed by atoms with Crippen LogP contribution >= 0.6 is 0 Å². The minimum absolute atomic E-state index is 0.497. The number of pyridine rings is 2. The Morgan fingerprint density at radius 2 is 1.92 bits per heavy atom. The molecule has 10 heteroatoms. The van der Waals surface area contributed by atoms with E-state index < -0.39 is 0 Å². The molecule has 1 unspecified atom stereocenters. The normalized spacial score (nSPS) is 15.5. The van der Waals surface area contributed by atoms with Crippen molar-refractivity contribution >= 4 is 5.95 Å². The van der Waals surface area contributed by atoms with Crippen LogP contribution in [-0.4, -0.2) is 75.0 Å². The van der Waals surface area contributed by atoms with E-state index in [-0.39, 0.29) is 0 Å². The fourth-order valence-electron chi connectivity index (χ4n) is 4.31. The van der Waals surface area contributed by atoms with Crippen molar-refractivity contribution in [3.05, 3.63) is 54.7 Å². The fourth-order valence-corrected chi connectivity index (χ4v) is 4.31. The Labute approximate surface area is 210 Å². The molecule has 0 radical (unpaired) electrons. The first kappa shape index (κ1) is 23.7. The standard InChI is InChI=1S/C26H30N8O2/c1-17-24(36-20-8-10-27-23(12-20)18-13-29-33(4)15-18)7-6-22(30-17)21-14-28-26(31-25(21)35-5)34-11-9-19(16-34)32(2)3/h6-8,10,12-15,19H,9,11,16H2,1-5H3. The Balaban J connectivity index is 1.36. The van der Waals surface area contributed by atoms with E-state index >= 15 is 0 Å². The van der Waals surface area contributed by atoms with Crippen LogP contribution in [-0.2, 0) is 7.05 Å². The van der Waals surface area contributed by atoms with E-state index in [1.54, 1.807) is 30.4 Å². The lowest BCUT2D eigenvalue weighted by Crippen LogP contribution is -2.32. The van der Waals surface area contributed by atoms with Gasteiger partial charge < -0.3 is 19.3 Å². The summed E-state index contributed by atoms with van der Waals surface area (Å²) in [5.41, 5.74) is 3.92. The van der Waals surface area contributed by atoms with Crippen molar-refractivity contribution in [3.8, 4) is 39.9 Å². The number of likely N-dealkylation sites (N-methyl/N-ethyl adjacent to an activating group) is 1. The summed E-state index contributed by atoms with van der Waals surface area (Å²) in [4.78, 5) is 22.9. The molecule has 0 amide bonds. The first-order valence-electron chi connectivity index (χ1n) is 11.8. The molecule has 1 saturated heterocycles. The van der Waals surface area contributed by atoms with Gasteiger partial charge in [-0.25, -0.2) is 9.97 Å². The maximum Gasteiger partial charge on any atom is 0.228 e. The van der Waals surface area contributed by atoms with Crippen LogP contribution in [0.1, 0.15) is 12.1 Å². The largest absolute Gasteiger partial charge is 0.480 e. The summed E-state index contributed by atoms with van der Waals surface area (Å²) in [5, 5.41) is 4.21. The monoisotopic (exact) mass is 486 g/mol. The van der Waals surface area contributed by atoms with Crippen molar-refractivity contribution in [3.63, 3.8) is 0 Å². The van der Waals surface area contributed by atoms with Gasteiger partial charge in [0, 0.05) is 56.4 Å². The summed E-state index contributed by atoms with van der Waals surface area (Å²) in [7, 11) is 7.71. The predicted molar refractivity (Wildman–Crippen MR) is 137 cm³/mol. The van der Waals surface area contributed by atoms with E-state index in [0.29, 0.717) is 29.4 Å². The van der Waals surface area contributed by atoms with Gasteiger partial charge in [-0.2, -0.15) is 10.1 Å². The van der Waals surface area contributed by atoms with Gasteiger partial charge in [-0.3, -0.25) is 9.67 Å². The van der Waals surface area contributed by atoms with Crippen LogP contribution in [0.15, 0.2) is 49.1 Å². The fraction of sp³-hybridized carbons (Fsp3) is 0.346. The molecule has 0 bridgehead atoms. The highest BCUT2D eigenvalue weighted by Crippen LogP contribution is 2.33. The number of methoxy groups -OCH3 is 1. The number of aromatic nitrogens is 6. The van der Waals surface area contributed by atoms with Crippen LogP contribution in [0.2, 0.25) is 0 Å². The van der Waals surface area contributed by atoms with Crippen LogP contribution in [0.25, 0.3) is 22.5 Å². The third-order valence-corrected chi connectivity index (χ3v) is 6.38. The molecule has 186 valence electrons. The molecule has 1 atom stereocenters. The number of aryl methyl sites for hydroxylation is 2. The molecule has 4 aromatic rings. The van der Waals surface area contributed by atoms with E-state index in [0.717, 1.165) is 47.7 Å². The number of rotatable bonds is 7. The topological polar surface area (TPSA) is 94.3 Å². The summed E-state index contributed by atoms with van der Waals surface area (Å²) >= 11 is 0. The SMILES string of the molecule is COc1nc(N2CCC(N(C)C)C2)ncc1-c1ccc(Oc2ccnc(-c3cnn(C)c3)c2)c(C)n1. The van der Waals surface area contributed by atoms with Crippen LogP contribution in [0, 0.1) is 6.92 Å². The molecule has 5 rings (SSSR count). The molecule has 1 fully saturated rings. The van der Waals surface area contributed by atoms with E-state index in [9.17, 15) is 0 Å². The van der Waals surface area contributed by atoms with Crippen molar-refractivity contribution in [2.24, 2.45) is 7.05 Å². The smallest absolute Gasteiger partial charge is 0.228 e. The number of ether oxygens (including phenoxy) is 2. The van der Waals surface area contributed by atoms with E-state index in [2.05, 4.69) is 39.0 Å². The summed E-state index contributed by atoms with van der Waals surface area (Å²) in [6.45, 7) is 3.73. The van der Waals surface area contributed by atoms with Gasteiger partial charge in [0.25, 0.3) is 0 Å². The summed E-state index contributed by atoms with van der Waals surface area (Å²) in [5.74, 6) is 2.52. The third kappa shape index (κ3) is 4.85. The molecule has 5 heterocycles. The molecular weight excluding hydrogens is 456 g/mol. The number of hydrogen-bond donors (Lipinski definition) is 0. The van der Waals surface area contributed by atoms with Crippen LogP contribution in [0.3, 0.4) is 0 Å². The van der Waals surface area contributed by atoms with Crippen LogP contribution in [0.5, 0.6) is 17.4 Å². The molecule has 0 spiro atoms. The number of hydrogen-bond acceptors (Lipinski definition) is 9. The lowest BCUT2D eigenvalue weighted by molar-refractivity contribution is 0.315. The van der Waals surface area contributed by atoms with Crippen LogP contribution < -0.4 is 14.4 Å². The van der Waals surface area contributed by atoms with Gasteiger partial charge >= 0.3 is 0 Å². The zero-order valence-electron chi connectivity index (χ0n) is 21.2. The van der Waals surface area contributed by atoms with Gasteiger partial charge in [-0.15, -0.1) is 0 Å².